The molecule has 0 aliphatic heterocycles. The number of halogens is 1. The summed E-state index contributed by atoms with van der Waals surface area (Å²) in [5, 5.41) is 7.90. The van der Waals surface area contributed by atoms with Gasteiger partial charge in [-0.15, -0.1) is 0 Å². The van der Waals surface area contributed by atoms with Gasteiger partial charge in [-0.05, 0) is 62.6 Å². The molecule has 0 radical (unpaired) electrons. The van der Waals surface area contributed by atoms with Crippen LogP contribution < -0.4 is 5.32 Å². The van der Waals surface area contributed by atoms with Gasteiger partial charge in [0.05, 0.1) is 11.1 Å². The molecule has 0 spiro atoms. The second-order valence-corrected chi connectivity index (χ2v) is 7.37. The summed E-state index contributed by atoms with van der Waals surface area (Å²) in [7, 11) is 0. The monoisotopic (exact) mass is 366 g/mol. The van der Waals surface area contributed by atoms with Gasteiger partial charge in [-0.3, -0.25) is 4.79 Å². The first-order valence-corrected chi connectivity index (χ1v) is 8.98. The van der Waals surface area contributed by atoms with Crippen LogP contribution in [0.5, 0.6) is 0 Å². The third-order valence-electron chi connectivity index (χ3n) is 4.94. The number of hydrogen-bond donors (Lipinski definition) is 1. The molecule has 1 N–H and O–H groups in total. The van der Waals surface area contributed by atoms with Crippen LogP contribution in [0.25, 0.3) is 11.3 Å². The minimum absolute atomic E-state index is 0.0274. The van der Waals surface area contributed by atoms with Crippen molar-refractivity contribution < 1.29 is 9.32 Å². The summed E-state index contributed by atoms with van der Waals surface area (Å²) in [6, 6.07) is 15.2. The topological polar surface area (TPSA) is 55.1 Å². The molecule has 3 aromatic rings. The third kappa shape index (κ3) is 3.01. The predicted octanol–water partition coefficient (Wildman–Crippen LogP) is 5.28. The maximum absolute atomic E-state index is 12.9. The first-order valence-electron chi connectivity index (χ1n) is 8.60. The van der Waals surface area contributed by atoms with Gasteiger partial charge in [0.2, 0.25) is 5.91 Å². The Kier molecular flexibility index (Phi) is 4.08. The van der Waals surface area contributed by atoms with E-state index in [9.17, 15) is 4.79 Å². The van der Waals surface area contributed by atoms with Crippen LogP contribution in [0.3, 0.4) is 0 Å². The van der Waals surface area contributed by atoms with Crippen LogP contribution in [0.4, 0.5) is 5.69 Å². The number of amides is 1. The maximum atomic E-state index is 12.9. The van der Waals surface area contributed by atoms with Crippen LogP contribution in [-0.2, 0) is 10.2 Å². The van der Waals surface area contributed by atoms with Crippen molar-refractivity contribution in [3.63, 3.8) is 0 Å². The number of aromatic nitrogens is 1. The molecular weight excluding hydrogens is 348 g/mol. The predicted molar refractivity (Wildman–Crippen MR) is 102 cm³/mol. The Balaban J connectivity index is 1.57. The fourth-order valence-electron chi connectivity index (χ4n) is 3.17. The molecule has 4 rings (SSSR count). The molecule has 1 heterocycles. The van der Waals surface area contributed by atoms with E-state index in [0.29, 0.717) is 16.5 Å². The number of rotatable bonds is 4. The summed E-state index contributed by atoms with van der Waals surface area (Å²) in [4.78, 5) is 12.9. The van der Waals surface area contributed by atoms with Gasteiger partial charge in [0, 0.05) is 22.3 Å². The van der Waals surface area contributed by atoms with Crippen LogP contribution in [0.1, 0.15) is 29.7 Å². The van der Waals surface area contributed by atoms with Crippen molar-refractivity contribution in [2.75, 3.05) is 5.32 Å². The quantitative estimate of drug-likeness (QED) is 0.683. The largest absolute Gasteiger partial charge is 0.356 e. The molecule has 1 amide bonds. The maximum Gasteiger partial charge on any atom is 0.236 e. The number of hydrogen-bond acceptors (Lipinski definition) is 3. The molecule has 5 heteroatoms. The van der Waals surface area contributed by atoms with Crippen molar-refractivity contribution in [2.45, 2.75) is 32.1 Å². The lowest BCUT2D eigenvalue weighted by Gasteiger charge is -2.14. The molecule has 1 aromatic heterocycles. The van der Waals surface area contributed by atoms with E-state index in [2.05, 4.69) is 16.5 Å². The number of nitrogens with one attached hydrogen (secondary N) is 1. The Labute approximate surface area is 157 Å². The van der Waals surface area contributed by atoms with Gasteiger partial charge in [-0.25, -0.2) is 0 Å². The Hall–Kier alpha value is -2.59. The zero-order chi connectivity index (χ0) is 18.3. The minimum Gasteiger partial charge on any atom is -0.356 e. The van der Waals surface area contributed by atoms with E-state index >= 15 is 0 Å². The molecular formula is C21H19ClN2O2. The molecule has 1 aliphatic carbocycles. The van der Waals surface area contributed by atoms with Crippen LogP contribution in [0.2, 0.25) is 5.02 Å². The summed E-state index contributed by atoms with van der Waals surface area (Å²) >= 11 is 5.93. The van der Waals surface area contributed by atoms with Gasteiger partial charge in [0.15, 0.2) is 5.76 Å². The highest BCUT2D eigenvalue weighted by Gasteiger charge is 2.53. The van der Waals surface area contributed by atoms with E-state index in [1.54, 1.807) is 12.1 Å². The van der Waals surface area contributed by atoms with Gasteiger partial charge in [-0.2, -0.15) is 0 Å². The number of carbonyl (C=O) groups is 1. The molecule has 1 saturated carbocycles. The second-order valence-electron chi connectivity index (χ2n) is 6.94. The Morgan fingerprint density at radius 3 is 2.50 bits per heavy atom. The molecule has 26 heavy (non-hydrogen) atoms. The Morgan fingerprint density at radius 2 is 1.85 bits per heavy atom. The van der Waals surface area contributed by atoms with E-state index in [-0.39, 0.29) is 5.91 Å². The van der Waals surface area contributed by atoms with Crippen LogP contribution >= 0.6 is 11.6 Å². The average Bonchev–Trinajstić information content (AvgIpc) is 3.29. The highest BCUT2D eigenvalue weighted by atomic mass is 35.5. The number of benzene rings is 2. The Bertz CT molecular complexity index is 972. The summed E-state index contributed by atoms with van der Waals surface area (Å²) < 4.78 is 5.48. The van der Waals surface area contributed by atoms with E-state index in [0.717, 1.165) is 29.7 Å². The molecule has 0 atom stereocenters. The molecule has 0 saturated heterocycles. The van der Waals surface area contributed by atoms with Gasteiger partial charge in [0.1, 0.15) is 0 Å². The van der Waals surface area contributed by atoms with E-state index < -0.39 is 5.41 Å². The normalized spacial score (nSPS) is 14.9. The molecule has 2 aromatic carbocycles. The fourth-order valence-corrected chi connectivity index (χ4v) is 3.30. The van der Waals surface area contributed by atoms with Crippen LogP contribution in [0.15, 0.2) is 53.1 Å². The van der Waals surface area contributed by atoms with Crippen molar-refractivity contribution in [3.8, 4) is 11.3 Å². The lowest BCUT2D eigenvalue weighted by atomic mass is 9.99. The summed E-state index contributed by atoms with van der Waals surface area (Å²) in [6.07, 6.45) is 1.55. The third-order valence-corrected chi connectivity index (χ3v) is 5.20. The van der Waals surface area contributed by atoms with Gasteiger partial charge in [0.25, 0.3) is 0 Å². The number of aryl methyl sites for hydroxylation is 2. The molecule has 132 valence electrons. The highest BCUT2D eigenvalue weighted by Crippen LogP contribution is 2.49. The van der Waals surface area contributed by atoms with Crippen molar-refractivity contribution in [2.24, 2.45) is 0 Å². The van der Waals surface area contributed by atoms with Gasteiger partial charge >= 0.3 is 0 Å². The van der Waals surface area contributed by atoms with E-state index in [1.807, 2.05) is 44.2 Å². The first kappa shape index (κ1) is 16.9. The van der Waals surface area contributed by atoms with Crippen molar-refractivity contribution in [3.05, 3.63) is 70.4 Å². The summed E-state index contributed by atoms with van der Waals surface area (Å²) in [6.45, 7) is 4.03. The molecule has 4 nitrogen and oxygen atoms in total. The number of anilines is 1. The Morgan fingerprint density at radius 1 is 1.12 bits per heavy atom. The van der Waals surface area contributed by atoms with E-state index in [1.165, 1.54) is 5.56 Å². The second kappa shape index (κ2) is 6.29. The fraction of sp³-hybridized carbons (Fsp3) is 0.238. The molecule has 0 bridgehead atoms. The van der Waals surface area contributed by atoms with Crippen molar-refractivity contribution >= 4 is 23.2 Å². The standard InChI is InChI=1S/C21H19ClN2O2/c1-13-3-8-17(14(2)11-13)23-20(25)21(9-10-21)19-12-18(26-24-19)15-4-6-16(22)7-5-15/h3-8,11-12H,9-10H2,1-2H3,(H,23,25). The molecule has 0 unspecified atom stereocenters. The average molecular weight is 367 g/mol. The minimum atomic E-state index is -0.592. The van der Waals surface area contributed by atoms with E-state index in [4.69, 9.17) is 16.1 Å². The number of carbonyl (C=O) groups excluding carboxylic acids is 1. The zero-order valence-corrected chi connectivity index (χ0v) is 15.4. The summed E-state index contributed by atoms with van der Waals surface area (Å²) in [5.41, 5.74) is 4.05. The lowest BCUT2D eigenvalue weighted by molar-refractivity contribution is -0.118. The van der Waals surface area contributed by atoms with Gasteiger partial charge < -0.3 is 9.84 Å². The van der Waals surface area contributed by atoms with Crippen molar-refractivity contribution in [1.82, 2.24) is 5.16 Å². The molecule has 1 fully saturated rings. The van der Waals surface area contributed by atoms with Crippen LogP contribution in [-0.4, -0.2) is 11.1 Å². The zero-order valence-electron chi connectivity index (χ0n) is 14.7. The smallest absolute Gasteiger partial charge is 0.236 e. The number of nitrogens with zero attached hydrogens (tertiary/aromatic N) is 1. The lowest BCUT2D eigenvalue weighted by Crippen LogP contribution is -2.28. The van der Waals surface area contributed by atoms with Crippen molar-refractivity contribution in [1.29, 1.82) is 0 Å². The summed E-state index contributed by atoms with van der Waals surface area (Å²) in [5.74, 6) is 0.614. The van der Waals surface area contributed by atoms with Crippen LogP contribution in [0, 0.1) is 13.8 Å². The first-order chi connectivity index (χ1) is 12.5. The SMILES string of the molecule is Cc1ccc(NC(=O)C2(c3cc(-c4ccc(Cl)cc4)on3)CC2)c(C)c1. The highest BCUT2D eigenvalue weighted by molar-refractivity contribution is 6.30. The van der Waals surface area contributed by atoms with Gasteiger partial charge in [-0.1, -0.05) is 34.5 Å². The molecule has 1 aliphatic rings.